The van der Waals surface area contributed by atoms with Gasteiger partial charge in [0.1, 0.15) is 12.1 Å². The fourth-order valence-corrected chi connectivity index (χ4v) is 3.39. The van der Waals surface area contributed by atoms with Crippen LogP contribution in [-0.4, -0.2) is 64.9 Å². The number of carbonyl (C=O) groups is 3. The molecule has 1 radical (unpaired) electrons. The van der Waals surface area contributed by atoms with Gasteiger partial charge in [0.25, 0.3) is 0 Å². The van der Waals surface area contributed by atoms with E-state index < -0.39 is 48.5 Å². The predicted octanol–water partition coefficient (Wildman–Crippen LogP) is -0.340. The van der Waals surface area contributed by atoms with E-state index in [1.54, 1.807) is 12.5 Å². The summed E-state index contributed by atoms with van der Waals surface area (Å²) >= 11 is 0. The second-order valence-electron chi connectivity index (χ2n) is 8.45. The number of aliphatic hydroxyl groups is 1. The van der Waals surface area contributed by atoms with Crippen LogP contribution >= 0.6 is 0 Å². The molecule has 4 atom stereocenters. The molecule has 0 spiro atoms. The number of amides is 3. The van der Waals surface area contributed by atoms with Crippen molar-refractivity contribution in [3.8, 4) is 0 Å². The van der Waals surface area contributed by atoms with Gasteiger partial charge in [0.05, 0.1) is 18.7 Å². The lowest BCUT2D eigenvalue weighted by molar-refractivity contribution is -0.132. The number of aromatic amines is 1. The smallest absolute Gasteiger partial charge is 0.245 e. The van der Waals surface area contributed by atoms with Crippen LogP contribution in [0.5, 0.6) is 0 Å². The van der Waals surface area contributed by atoms with Gasteiger partial charge in [-0.1, -0.05) is 32.0 Å². The van der Waals surface area contributed by atoms with Crippen LogP contribution in [0.1, 0.15) is 32.8 Å². The molecule has 0 aliphatic carbocycles. The Morgan fingerprint density at radius 3 is 2.39 bits per heavy atom. The summed E-state index contributed by atoms with van der Waals surface area (Å²) in [6, 6.07) is 3.62. The van der Waals surface area contributed by atoms with Gasteiger partial charge in [0.2, 0.25) is 24.0 Å². The average molecular weight is 459 g/mol. The highest BCUT2D eigenvalue weighted by molar-refractivity contribution is 5.93. The lowest BCUT2D eigenvalue weighted by Gasteiger charge is -2.22. The fraction of sp³-hybridized carbons (Fsp3) is 0.478. The molecule has 1 aromatic carbocycles. The third-order valence-electron chi connectivity index (χ3n) is 5.18. The molecule has 0 fully saturated rings. The van der Waals surface area contributed by atoms with Crippen LogP contribution in [0.25, 0.3) is 10.9 Å². The fourth-order valence-electron chi connectivity index (χ4n) is 3.39. The second kappa shape index (κ2) is 12.1. The summed E-state index contributed by atoms with van der Waals surface area (Å²) in [4.78, 5) is 51.4. The maximum atomic E-state index is 12.5. The topological polar surface area (TPSA) is 166 Å². The third-order valence-corrected chi connectivity index (χ3v) is 5.18. The quantitative estimate of drug-likeness (QED) is 0.254. The second-order valence-corrected chi connectivity index (χ2v) is 8.45. The van der Waals surface area contributed by atoms with Crippen LogP contribution in [0, 0.1) is 5.92 Å². The molecule has 33 heavy (non-hydrogen) atoms. The van der Waals surface area contributed by atoms with Gasteiger partial charge >= 0.3 is 0 Å². The molecule has 10 nitrogen and oxygen atoms in total. The first-order valence-electron chi connectivity index (χ1n) is 10.9. The summed E-state index contributed by atoms with van der Waals surface area (Å²) in [6.45, 7) is 4.54. The van der Waals surface area contributed by atoms with Crippen molar-refractivity contribution in [1.29, 1.82) is 0 Å². The minimum absolute atomic E-state index is 0.141. The highest BCUT2D eigenvalue weighted by Crippen LogP contribution is 2.18. The third kappa shape index (κ3) is 7.40. The van der Waals surface area contributed by atoms with Gasteiger partial charge in [-0.3, -0.25) is 19.2 Å². The molecule has 10 heteroatoms. The van der Waals surface area contributed by atoms with Crippen LogP contribution in [0.2, 0.25) is 0 Å². The Morgan fingerprint density at radius 2 is 1.76 bits per heavy atom. The van der Waals surface area contributed by atoms with Crippen molar-refractivity contribution in [2.45, 2.75) is 57.8 Å². The van der Waals surface area contributed by atoms with Crippen LogP contribution < -0.4 is 21.7 Å². The monoisotopic (exact) mass is 458 g/mol. The number of para-hydroxylation sites is 1. The van der Waals surface area contributed by atoms with Crippen molar-refractivity contribution in [2.75, 3.05) is 6.61 Å². The molecular weight excluding hydrogens is 426 g/mol. The van der Waals surface area contributed by atoms with E-state index in [-0.39, 0.29) is 12.3 Å². The number of aliphatic hydroxyl groups excluding tert-OH is 1. The maximum Gasteiger partial charge on any atom is 0.245 e. The van der Waals surface area contributed by atoms with Gasteiger partial charge < -0.3 is 31.8 Å². The minimum Gasteiger partial charge on any atom is -0.394 e. The first-order chi connectivity index (χ1) is 15.7. The Kier molecular flexibility index (Phi) is 9.56. The standard InChI is InChI=1S/C23H32N5O5/c1-13(2)8-16(11-29)27-23(33)20(12-30)28-21(31)14(3)26-22(32)18(24)9-15-10-25-19-7-5-4-6-17(15)19/h4-7,10,13-14,16,18,20,25,30H,8-9,12,24H2,1-3H3,(H,26,32)(H,27,33)(H,28,31)/t14-,16-,18-,20-/m0/s1. The summed E-state index contributed by atoms with van der Waals surface area (Å²) in [6.07, 6.45) is 4.18. The molecule has 0 unspecified atom stereocenters. The molecule has 0 saturated carbocycles. The normalized spacial score (nSPS) is 14.8. The van der Waals surface area contributed by atoms with Crippen molar-refractivity contribution >= 4 is 34.9 Å². The summed E-state index contributed by atoms with van der Waals surface area (Å²) in [5, 5.41) is 17.8. The zero-order chi connectivity index (χ0) is 24.5. The first kappa shape index (κ1) is 26.0. The number of aromatic nitrogens is 1. The van der Waals surface area contributed by atoms with Gasteiger partial charge in [-0.15, -0.1) is 0 Å². The molecule has 1 aromatic heterocycles. The number of rotatable bonds is 12. The molecule has 0 aliphatic rings. The number of carbonyl (C=O) groups excluding carboxylic acids is 4. The number of nitrogens with two attached hydrogens (primary N) is 1. The molecule has 1 heterocycles. The Hall–Kier alpha value is -3.24. The van der Waals surface area contributed by atoms with Crippen molar-refractivity contribution in [3.63, 3.8) is 0 Å². The number of H-pyrrole nitrogens is 1. The lowest BCUT2D eigenvalue weighted by Crippen LogP contribution is -2.57. The minimum atomic E-state index is -1.28. The Bertz CT molecular complexity index is 973. The van der Waals surface area contributed by atoms with Crippen LogP contribution in [0.15, 0.2) is 30.5 Å². The SMILES string of the molecule is CC(C)C[C@@H]([C]=O)NC(=O)[C@H](CO)NC(=O)[C@H](C)NC(=O)[C@@H](N)Cc1c[nH]c2ccccc12. The summed E-state index contributed by atoms with van der Waals surface area (Å²) < 4.78 is 0. The van der Waals surface area contributed by atoms with Crippen molar-refractivity contribution in [1.82, 2.24) is 20.9 Å². The van der Waals surface area contributed by atoms with Crippen LogP contribution in [0.3, 0.4) is 0 Å². The molecule has 3 amide bonds. The Labute approximate surface area is 192 Å². The number of hydrogen-bond donors (Lipinski definition) is 6. The summed E-state index contributed by atoms with van der Waals surface area (Å²) in [7, 11) is 0. The molecule has 0 bridgehead atoms. The van der Waals surface area contributed by atoms with Crippen LogP contribution in [0.4, 0.5) is 0 Å². The van der Waals surface area contributed by atoms with E-state index >= 15 is 0 Å². The Balaban J connectivity index is 1.90. The molecule has 0 aliphatic heterocycles. The van der Waals surface area contributed by atoms with Gasteiger partial charge in [-0.05, 0) is 37.3 Å². The molecule has 179 valence electrons. The van der Waals surface area contributed by atoms with E-state index in [0.717, 1.165) is 16.5 Å². The first-order valence-corrected chi connectivity index (χ1v) is 10.9. The zero-order valence-corrected chi connectivity index (χ0v) is 19.1. The molecular formula is C23H32N5O5. The van der Waals surface area contributed by atoms with Gasteiger partial charge in [-0.2, -0.15) is 0 Å². The van der Waals surface area contributed by atoms with Crippen molar-refractivity contribution in [2.24, 2.45) is 11.7 Å². The number of fused-ring (bicyclic) bond motifs is 1. The number of hydrogen-bond acceptors (Lipinski definition) is 6. The lowest BCUT2D eigenvalue weighted by atomic mass is 10.0. The zero-order valence-electron chi connectivity index (χ0n) is 19.1. The molecule has 2 rings (SSSR count). The van der Waals surface area contributed by atoms with E-state index in [1.165, 1.54) is 6.92 Å². The van der Waals surface area contributed by atoms with Crippen molar-refractivity contribution < 1.29 is 24.3 Å². The van der Waals surface area contributed by atoms with E-state index in [9.17, 15) is 24.3 Å². The highest BCUT2D eigenvalue weighted by Gasteiger charge is 2.27. The molecule has 7 N–H and O–H groups in total. The van der Waals surface area contributed by atoms with E-state index in [4.69, 9.17) is 5.73 Å². The summed E-state index contributed by atoms with van der Waals surface area (Å²) in [5.74, 6) is -1.77. The van der Waals surface area contributed by atoms with E-state index in [2.05, 4.69) is 20.9 Å². The molecule has 2 aromatic rings. The van der Waals surface area contributed by atoms with Gasteiger partial charge in [0.15, 0.2) is 0 Å². The van der Waals surface area contributed by atoms with Crippen molar-refractivity contribution in [3.05, 3.63) is 36.0 Å². The molecule has 0 saturated heterocycles. The summed E-state index contributed by atoms with van der Waals surface area (Å²) in [5.41, 5.74) is 7.85. The predicted molar refractivity (Wildman–Crippen MR) is 124 cm³/mol. The van der Waals surface area contributed by atoms with Crippen LogP contribution in [-0.2, 0) is 25.6 Å². The number of benzene rings is 1. The Morgan fingerprint density at radius 1 is 1.06 bits per heavy atom. The largest absolute Gasteiger partial charge is 0.394 e. The average Bonchev–Trinajstić information content (AvgIpc) is 3.18. The highest BCUT2D eigenvalue weighted by atomic mass is 16.3. The van der Waals surface area contributed by atoms with E-state index in [1.807, 2.05) is 38.1 Å². The van der Waals surface area contributed by atoms with Gasteiger partial charge in [-0.25, -0.2) is 0 Å². The number of nitrogens with one attached hydrogen (secondary N) is 4. The maximum absolute atomic E-state index is 12.5. The van der Waals surface area contributed by atoms with E-state index in [0.29, 0.717) is 6.42 Å². The van der Waals surface area contributed by atoms with Gasteiger partial charge in [0, 0.05) is 17.1 Å².